The van der Waals surface area contributed by atoms with Crippen LogP contribution >= 0.6 is 11.3 Å². The van der Waals surface area contributed by atoms with Gasteiger partial charge in [-0.15, -0.1) is 11.3 Å². The number of rotatable bonds is 3. The van der Waals surface area contributed by atoms with E-state index in [9.17, 15) is 4.39 Å². The molecule has 1 N–H and O–H groups in total. The molecule has 0 aliphatic heterocycles. The number of anilines is 1. The van der Waals surface area contributed by atoms with E-state index < -0.39 is 0 Å². The lowest BCUT2D eigenvalue weighted by Crippen LogP contribution is -2.08. The highest BCUT2D eigenvalue weighted by molar-refractivity contribution is 7.17. The standard InChI is InChI=1S/C15H13FN2S/c1-10(11-3-2-4-12(16)9-11)18-15-13-6-8-19-14(13)5-7-17-15/h2-10H,1H3,(H,17,18). The summed E-state index contributed by atoms with van der Waals surface area (Å²) in [6.45, 7) is 2.00. The second-order valence-electron chi connectivity index (χ2n) is 4.41. The lowest BCUT2D eigenvalue weighted by Gasteiger charge is -2.15. The summed E-state index contributed by atoms with van der Waals surface area (Å²) in [4.78, 5) is 4.37. The Hall–Kier alpha value is -1.94. The Kier molecular flexibility index (Phi) is 3.17. The summed E-state index contributed by atoms with van der Waals surface area (Å²) in [5.41, 5.74) is 0.911. The first kappa shape index (κ1) is 12.1. The second kappa shape index (κ2) is 4.97. The van der Waals surface area contributed by atoms with Crippen molar-refractivity contribution in [3.8, 4) is 0 Å². The summed E-state index contributed by atoms with van der Waals surface area (Å²) in [6, 6.07) is 10.7. The zero-order chi connectivity index (χ0) is 13.2. The van der Waals surface area contributed by atoms with Gasteiger partial charge in [0, 0.05) is 16.3 Å². The predicted molar refractivity (Wildman–Crippen MR) is 78.1 cm³/mol. The number of fused-ring (bicyclic) bond motifs is 1. The molecule has 0 aliphatic rings. The van der Waals surface area contributed by atoms with Crippen LogP contribution in [-0.2, 0) is 0 Å². The Labute approximate surface area is 114 Å². The van der Waals surface area contributed by atoms with Crippen molar-refractivity contribution in [2.75, 3.05) is 5.32 Å². The highest BCUT2D eigenvalue weighted by Gasteiger charge is 2.09. The molecular formula is C15H13FN2S. The maximum absolute atomic E-state index is 13.2. The van der Waals surface area contributed by atoms with Gasteiger partial charge in [0.1, 0.15) is 11.6 Å². The number of nitrogens with one attached hydrogen (secondary N) is 1. The summed E-state index contributed by atoms with van der Waals surface area (Å²) >= 11 is 1.69. The molecule has 0 amide bonds. The van der Waals surface area contributed by atoms with Gasteiger partial charge in [-0.1, -0.05) is 12.1 Å². The number of hydrogen-bond acceptors (Lipinski definition) is 3. The van der Waals surface area contributed by atoms with Gasteiger partial charge in [-0.05, 0) is 42.1 Å². The number of benzene rings is 1. The largest absolute Gasteiger partial charge is 0.363 e. The van der Waals surface area contributed by atoms with Crippen LogP contribution in [0, 0.1) is 5.82 Å². The van der Waals surface area contributed by atoms with Crippen molar-refractivity contribution in [1.82, 2.24) is 4.98 Å². The third-order valence-electron chi connectivity index (χ3n) is 3.08. The average molecular weight is 272 g/mol. The minimum atomic E-state index is -0.215. The summed E-state index contributed by atoms with van der Waals surface area (Å²) in [5.74, 6) is 0.628. The first-order valence-corrected chi connectivity index (χ1v) is 6.96. The normalized spacial score (nSPS) is 12.5. The van der Waals surface area contributed by atoms with E-state index in [0.29, 0.717) is 0 Å². The van der Waals surface area contributed by atoms with Crippen LogP contribution in [0.1, 0.15) is 18.5 Å². The molecule has 0 fully saturated rings. The first-order chi connectivity index (χ1) is 9.24. The van der Waals surface area contributed by atoms with E-state index in [2.05, 4.69) is 10.3 Å². The Morgan fingerprint density at radius 1 is 1.26 bits per heavy atom. The van der Waals surface area contributed by atoms with Gasteiger partial charge in [0.25, 0.3) is 0 Å². The van der Waals surface area contributed by atoms with E-state index in [1.54, 1.807) is 29.7 Å². The fraction of sp³-hybridized carbons (Fsp3) is 0.133. The minimum Gasteiger partial charge on any atom is -0.363 e. The molecule has 0 bridgehead atoms. The van der Waals surface area contributed by atoms with E-state index in [1.807, 2.05) is 30.5 Å². The molecule has 0 radical (unpaired) electrons. The molecular weight excluding hydrogens is 259 g/mol. The first-order valence-electron chi connectivity index (χ1n) is 6.08. The van der Waals surface area contributed by atoms with Crippen molar-refractivity contribution in [2.45, 2.75) is 13.0 Å². The van der Waals surface area contributed by atoms with Crippen LogP contribution < -0.4 is 5.32 Å². The molecule has 4 heteroatoms. The van der Waals surface area contributed by atoms with Crippen molar-refractivity contribution in [1.29, 1.82) is 0 Å². The van der Waals surface area contributed by atoms with Gasteiger partial charge in [0.05, 0.1) is 6.04 Å². The van der Waals surface area contributed by atoms with Gasteiger partial charge in [-0.3, -0.25) is 0 Å². The topological polar surface area (TPSA) is 24.9 Å². The van der Waals surface area contributed by atoms with Crippen molar-refractivity contribution < 1.29 is 4.39 Å². The number of hydrogen-bond donors (Lipinski definition) is 1. The molecule has 1 atom stereocenters. The lowest BCUT2D eigenvalue weighted by atomic mass is 10.1. The van der Waals surface area contributed by atoms with E-state index in [0.717, 1.165) is 16.8 Å². The summed E-state index contributed by atoms with van der Waals surface area (Å²) in [7, 11) is 0. The van der Waals surface area contributed by atoms with Gasteiger partial charge in [-0.2, -0.15) is 0 Å². The molecule has 2 aromatic heterocycles. The van der Waals surface area contributed by atoms with Crippen LogP contribution in [0.3, 0.4) is 0 Å². The van der Waals surface area contributed by atoms with Crippen molar-refractivity contribution >= 4 is 27.2 Å². The highest BCUT2D eigenvalue weighted by atomic mass is 32.1. The van der Waals surface area contributed by atoms with E-state index in [1.165, 1.54) is 10.8 Å². The van der Waals surface area contributed by atoms with Crippen molar-refractivity contribution in [2.24, 2.45) is 0 Å². The molecule has 1 aromatic carbocycles. The number of pyridine rings is 1. The van der Waals surface area contributed by atoms with Crippen LogP contribution in [-0.4, -0.2) is 4.98 Å². The molecule has 0 saturated heterocycles. The molecule has 96 valence electrons. The molecule has 0 saturated carbocycles. The number of aromatic nitrogens is 1. The average Bonchev–Trinajstić information content (AvgIpc) is 2.88. The highest BCUT2D eigenvalue weighted by Crippen LogP contribution is 2.28. The maximum Gasteiger partial charge on any atom is 0.135 e. The monoisotopic (exact) mass is 272 g/mol. The minimum absolute atomic E-state index is 0.00806. The zero-order valence-electron chi connectivity index (χ0n) is 10.4. The Morgan fingerprint density at radius 2 is 2.16 bits per heavy atom. The third-order valence-corrected chi connectivity index (χ3v) is 3.96. The van der Waals surface area contributed by atoms with E-state index >= 15 is 0 Å². The fourth-order valence-corrected chi connectivity index (χ4v) is 2.86. The van der Waals surface area contributed by atoms with Gasteiger partial charge in [-0.25, -0.2) is 9.37 Å². The van der Waals surface area contributed by atoms with Crippen molar-refractivity contribution in [3.05, 3.63) is 59.4 Å². The van der Waals surface area contributed by atoms with Gasteiger partial charge in [0.15, 0.2) is 0 Å². The van der Waals surface area contributed by atoms with Crippen LogP contribution in [0.5, 0.6) is 0 Å². The summed E-state index contributed by atoms with van der Waals surface area (Å²) < 4.78 is 14.4. The van der Waals surface area contributed by atoms with Crippen LogP contribution in [0.4, 0.5) is 10.2 Å². The maximum atomic E-state index is 13.2. The predicted octanol–water partition coefficient (Wildman–Crippen LogP) is 4.61. The molecule has 0 aliphatic carbocycles. The summed E-state index contributed by atoms with van der Waals surface area (Å²) in [5, 5.41) is 6.50. The Morgan fingerprint density at radius 3 is 3.00 bits per heavy atom. The van der Waals surface area contributed by atoms with Crippen molar-refractivity contribution in [3.63, 3.8) is 0 Å². The second-order valence-corrected chi connectivity index (χ2v) is 5.36. The van der Waals surface area contributed by atoms with Crippen LogP contribution in [0.2, 0.25) is 0 Å². The van der Waals surface area contributed by atoms with Crippen LogP contribution in [0.25, 0.3) is 10.1 Å². The Bertz CT molecular complexity index is 708. The molecule has 3 rings (SSSR count). The third kappa shape index (κ3) is 2.44. The number of thiophene rings is 1. The molecule has 2 nitrogen and oxygen atoms in total. The molecule has 19 heavy (non-hydrogen) atoms. The lowest BCUT2D eigenvalue weighted by molar-refractivity contribution is 0.623. The van der Waals surface area contributed by atoms with Gasteiger partial charge in [0.2, 0.25) is 0 Å². The number of halogens is 1. The van der Waals surface area contributed by atoms with E-state index in [-0.39, 0.29) is 11.9 Å². The summed E-state index contributed by atoms with van der Waals surface area (Å²) in [6.07, 6.45) is 1.79. The quantitative estimate of drug-likeness (QED) is 0.753. The van der Waals surface area contributed by atoms with Crippen LogP contribution in [0.15, 0.2) is 48.0 Å². The van der Waals surface area contributed by atoms with Gasteiger partial charge < -0.3 is 5.32 Å². The smallest absolute Gasteiger partial charge is 0.135 e. The molecule has 3 aromatic rings. The molecule has 2 heterocycles. The van der Waals surface area contributed by atoms with Gasteiger partial charge >= 0.3 is 0 Å². The fourth-order valence-electron chi connectivity index (χ4n) is 2.07. The zero-order valence-corrected chi connectivity index (χ0v) is 11.2. The Balaban J connectivity index is 1.90. The molecule has 1 unspecified atom stereocenters. The molecule has 0 spiro atoms. The SMILES string of the molecule is CC(Nc1nccc2sccc12)c1cccc(F)c1. The van der Waals surface area contributed by atoms with E-state index in [4.69, 9.17) is 0 Å². The number of nitrogens with zero attached hydrogens (tertiary/aromatic N) is 1.